The van der Waals surface area contributed by atoms with Gasteiger partial charge < -0.3 is 23.9 Å². The Morgan fingerprint density at radius 2 is 1.60 bits per heavy atom. The molecule has 0 bridgehead atoms. The first-order valence-electron chi connectivity index (χ1n) is 10.2. The first-order chi connectivity index (χ1) is 16.5. The van der Waals surface area contributed by atoms with Crippen LogP contribution in [0.15, 0.2) is 40.8 Å². The van der Waals surface area contributed by atoms with Crippen molar-refractivity contribution >= 4 is 47.1 Å². The van der Waals surface area contributed by atoms with E-state index in [9.17, 15) is 9.59 Å². The predicted molar refractivity (Wildman–Crippen MR) is 131 cm³/mol. The van der Waals surface area contributed by atoms with Gasteiger partial charge in [-0.3, -0.25) is 4.79 Å². The number of hydrogen-bond donors (Lipinski definition) is 2. The summed E-state index contributed by atoms with van der Waals surface area (Å²) in [7, 11) is 1.34. The maximum Gasteiger partial charge on any atom is 0.414 e. The van der Waals surface area contributed by atoms with Gasteiger partial charge in [-0.1, -0.05) is 11.6 Å². The number of carbonyl (C=O) groups is 4. The number of benzene rings is 1. The van der Waals surface area contributed by atoms with Crippen LogP contribution in [0.1, 0.15) is 43.6 Å². The average molecular weight is 522 g/mol. The maximum atomic E-state index is 12.8. The van der Waals surface area contributed by atoms with E-state index in [1.807, 2.05) is 48.7 Å². The summed E-state index contributed by atoms with van der Waals surface area (Å²) in [4.78, 5) is 42.6. The molecule has 0 saturated carbocycles. The second-order valence-electron chi connectivity index (χ2n) is 7.30. The SMILES string of the molecule is COC(=O)c1cc(CSCC(=O)c2cc(C)n(-c3ccc(Cl)cc3)c2C)oc1C.O=C(O)C(=O)O. The second-order valence-corrected chi connectivity index (χ2v) is 8.72. The summed E-state index contributed by atoms with van der Waals surface area (Å²) in [6, 6.07) is 11.1. The standard InChI is InChI=1S/C22H22ClNO4S.C2H2O4/c1-13-9-19(14(2)24(13)17-7-5-16(23)6-8-17)21(25)12-29-11-18-10-20(15(3)28-18)22(26)27-4;3-1(4)2(5)6/h5-10H,11-12H2,1-4H3;(H,3,4)(H,5,6). The molecule has 9 nitrogen and oxygen atoms in total. The highest BCUT2D eigenvalue weighted by Crippen LogP contribution is 2.25. The zero-order valence-electron chi connectivity index (χ0n) is 19.5. The Morgan fingerprint density at radius 3 is 2.14 bits per heavy atom. The Bertz CT molecular complexity index is 1230. The summed E-state index contributed by atoms with van der Waals surface area (Å²) < 4.78 is 12.4. The van der Waals surface area contributed by atoms with Crippen LogP contribution < -0.4 is 0 Å². The molecule has 0 radical (unpaired) electrons. The van der Waals surface area contributed by atoms with Gasteiger partial charge in [0, 0.05) is 27.7 Å². The molecule has 0 aliphatic rings. The number of hydrogen-bond acceptors (Lipinski definition) is 7. The van der Waals surface area contributed by atoms with E-state index in [-0.39, 0.29) is 5.78 Å². The van der Waals surface area contributed by atoms with Crippen LogP contribution in [0.25, 0.3) is 5.69 Å². The number of aliphatic carboxylic acids is 2. The topological polar surface area (TPSA) is 136 Å². The molecule has 0 amide bonds. The van der Waals surface area contributed by atoms with Gasteiger partial charge in [-0.25, -0.2) is 14.4 Å². The fourth-order valence-corrected chi connectivity index (χ4v) is 4.19. The minimum absolute atomic E-state index is 0.0554. The second kappa shape index (κ2) is 12.3. The maximum absolute atomic E-state index is 12.8. The molecule has 186 valence electrons. The van der Waals surface area contributed by atoms with Crippen molar-refractivity contribution in [2.45, 2.75) is 26.5 Å². The molecule has 11 heteroatoms. The van der Waals surface area contributed by atoms with E-state index in [1.54, 1.807) is 13.0 Å². The largest absolute Gasteiger partial charge is 0.473 e. The normalized spacial score (nSPS) is 10.3. The number of carboxylic acid groups (broad SMARTS) is 2. The lowest BCUT2D eigenvalue weighted by molar-refractivity contribution is -0.159. The number of thioether (sulfide) groups is 1. The van der Waals surface area contributed by atoms with Gasteiger partial charge >= 0.3 is 17.9 Å². The molecule has 2 N–H and O–H groups in total. The quantitative estimate of drug-likeness (QED) is 0.257. The summed E-state index contributed by atoms with van der Waals surface area (Å²) in [5, 5.41) is 15.5. The Hall–Kier alpha value is -3.50. The molecule has 35 heavy (non-hydrogen) atoms. The fraction of sp³-hybridized carbons (Fsp3) is 0.250. The molecular weight excluding hydrogens is 498 g/mol. The number of ketones is 1. The zero-order valence-corrected chi connectivity index (χ0v) is 21.0. The molecule has 0 unspecified atom stereocenters. The highest BCUT2D eigenvalue weighted by Gasteiger charge is 2.18. The van der Waals surface area contributed by atoms with Crippen molar-refractivity contribution in [2.24, 2.45) is 0 Å². The van der Waals surface area contributed by atoms with E-state index < -0.39 is 17.9 Å². The molecule has 3 aromatic rings. The number of rotatable bonds is 7. The van der Waals surface area contributed by atoms with Crippen molar-refractivity contribution < 1.29 is 38.5 Å². The molecule has 0 aliphatic heterocycles. The minimum atomic E-state index is -1.82. The van der Waals surface area contributed by atoms with Crippen LogP contribution >= 0.6 is 23.4 Å². The number of methoxy groups -OCH3 is 1. The van der Waals surface area contributed by atoms with Crippen LogP contribution in [0, 0.1) is 20.8 Å². The van der Waals surface area contributed by atoms with Gasteiger partial charge in [-0.2, -0.15) is 0 Å². The number of aromatic nitrogens is 1. The predicted octanol–water partition coefficient (Wildman–Crippen LogP) is 4.71. The van der Waals surface area contributed by atoms with Gasteiger partial charge in [0.2, 0.25) is 0 Å². The van der Waals surface area contributed by atoms with Crippen LogP contribution in [0.3, 0.4) is 0 Å². The molecule has 0 atom stereocenters. The average Bonchev–Trinajstić information content (AvgIpc) is 3.32. The summed E-state index contributed by atoms with van der Waals surface area (Å²) in [5.74, 6) is -2.03. The van der Waals surface area contributed by atoms with E-state index in [0.717, 1.165) is 17.1 Å². The number of Topliss-reactive ketones (excluding diaryl/α,β-unsaturated/α-hetero) is 1. The third kappa shape index (κ3) is 7.24. The smallest absolute Gasteiger partial charge is 0.414 e. The third-order valence-corrected chi connectivity index (χ3v) is 6.06. The number of aryl methyl sites for hydroxylation is 2. The van der Waals surface area contributed by atoms with Crippen LogP contribution in [0.5, 0.6) is 0 Å². The highest BCUT2D eigenvalue weighted by molar-refractivity contribution is 7.99. The Labute approximate surface area is 210 Å². The summed E-state index contributed by atoms with van der Waals surface area (Å²) in [6.07, 6.45) is 0. The minimum Gasteiger partial charge on any atom is -0.473 e. The van der Waals surface area contributed by atoms with Gasteiger partial charge in [0.25, 0.3) is 0 Å². The van der Waals surface area contributed by atoms with Crippen molar-refractivity contribution in [3.8, 4) is 5.69 Å². The van der Waals surface area contributed by atoms with E-state index >= 15 is 0 Å². The van der Waals surface area contributed by atoms with E-state index in [0.29, 0.717) is 39.2 Å². The van der Waals surface area contributed by atoms with E-state index in [1.165, 1.54) is 18.9 Å². The van der Waals surface area contributed by atoms with Crippen molar-refractivity contribution in [1.29, 1.82) is 0 Å². The Kier molecular flexibility index (Phi) is 9.73. The first-order valence-corrected chi connectivity index (χ1v) is 11.7. The van der Waals surface area contributed by atoms with Crippen molar-refractivity contribution in [3.05, 3.63) is 75.5 Å². The molecule has 1 aromatic carbocycles. The van der Waals surface area contributed by atoms with Gasteiger partial charge in [0.1, 0.15) is 17.1 Å². The molecule has 3 rings (SSSR count). The number of carboxylic acids is 2. The van der Waals surface area contributed by atoms with Gasteiger partial charge in [0.15, 0.2) is 5.78 Å². The lowest BCUT2D eigenvalue weighted by Gasteiger charge is -2.10. The Morgan fingerprint density at radius 1 is 1.00 bits per heavy atom. The third-order valence-electron chi connectivity index (χ3n) is 4.85. The summed E-state index contributed by atoms with van der Waals surface area (Å²) in [5.41, 5.74) is 3.98. The summed E-state index contributed by atoms with van der Waals surface area (Å²) >= 11 is 7.43. The number of esters is 1. The summed E-state index contributed by atoms with van der Waals surface area (Å²) in [6.45, 7) is 5.64. The molecular formula is C24H24ClNO8S. The molecule has 0 fully saturated rings. The van der Waals surface area contributed by atoms with Crippen molar-refractivity contribution in [3.63, 3.8) is 0 Å². The number of carbonyl (C=O) groups excluding carboxylic acids is 2. The number of furan rings is 1. The first kappa shape index (κ1) is 27.7. The van der Waals surface area contributed by atoms with E-state index in [2.05, 4.69) is 0 Å². The molecule has 0 spiro atoms. The van der Waals surface area contributed by atoms with Crippen LogP contribution in [-0.4, -0.2) is 51.3 Å². The van der Waals surface area contributed by atoms with Gasteiger partial charge in [0.05, 0.1) is 18.6 Å². The van der Waals surface area contributed by atoms with Crippen LogP contribution in [0.2, 0.25) is 5.02 Å². The number of nitrogens with zero attached hydrogens (tertiary/aromatic N) is 1. The molecule has 0 saturated heterocycles. The van der Waals surface area contributed by atoms with Crippen molar-refractivity contribution in [2.75, 3.05) is 12.9 Å². The molecule has 0 aliphatic carbocycles. The van der Waals surface area contributed by atoms with Crippen LogP contribution in [-0.2, 0) is 20.1 Å². The highest BCUT2D eigenvalue weighted by atomic mass is 35.5. The number of ether oxygens (including phenoxy) is 1. The monoisotopic (exact) mass is 521 g/mol. The van der Waals surface area contributed by atoms with E-state index in [4.69, 9.17) is 40.6 Å². The Balaban J connectivity index is 0.000000641. The fourth-order valence-electron chi connectivity index (χ4n) is 3.28. The molecule has 2 heterocycles. The van der Waals surface area contributed by atoms with Crippen molar-refractivity contribution in [1.82, 2.24) is 4.57 Å². The molecule has 2 aromatic heterocycles. The lowest BCUT2D eigenvalue weighted by atomic mass is 10.2. The number of halogens is 1. The zero-order chi connectivity index (χ0) is 26.3. The van der Waals surface area contributed by atoms with Gasteiger partial charge in [-0.15, -0.1) is 11.8 Å². The lowest BCUT2D eigenvalue weighted by Crippen LogP contribution is -2.09. The van der Waals surface area contributed by atoms with Crippen LogP contribution in [0.4, 0.5) is 0 Å². The van der Waals surface area contributed by atoms with Gasteiger partial charge in [-0.05, 0) is 57.2 Å².